The minimum atomic E-state index is -3.25. The molecule has 1 aromatic rings. The molecule has 11 heteroatoms. The van der Waals surface area contributed by atoms with Gasteiger partial charge < -0.3 is 26.4 Å². The highest BCUT2D eigenvalue weighted by Gasteiger charge is 2.34. The van der Waals surface area contributed by atoms with E-state index in [1.54, 1.807) is 6.07 Å². The molecule has 0 spiro atoms. The topological polar surface area (TPSA) is 111 Å². The first-order valence-electron chi connectivity index (χ1n) is 10.4. The summed E-state index contributed by atoms with van der Waals surface area (Å²) in [7, 11) is 0. The van der Waals surface area contributed by atoms with Crippen molar-refractivity contribution in [3.05, 3.63) is 41.4 Å². The van der Waals surface area contributed by atoms with Gasteiger partial charge >= 0.3 is 5.92 Å². The number of halogens is 3. The van der Waals surface area contributed by atoms with Crippen LogP contribution in [0.15, 0.2) is 40.7 Å². The molecule has 172 valence electrons. The van der Waals surface area contributed by atoms with E-state index < -0.39 is 18.7 Å². The fourth-order valence-electron chi connectivity index (χ4n) is 3.72. The smallest absolute Gasteiger partial charge is 0.308 e. The Kier molecular flexibility index (Phi) is 8.17. The number of amidine groups is 1. The van der Waals surface area contributed by atoms with E-state index in [-0.39, 0.29) is 22.9 Å². The first-order chi connectivity index (χ1) is 14.8. The van der Waals surface area contributed by atoms with E-state index in [1.165, 1.54) is 29.4 Å². The molecular formula is C20H30ClF2N7O. The van der Waals surface area contributed by atoms with Gasteiger partial charge in [0, 0.05) is 31.5 Å². The van der Waals surface area contributed by atoms with Crippen molar-refractivity contribution in [2.75, 3.05) is 26.2 Å². The molecule has 3 rings (SSSR count). The summed E-state index contributed by atoms with van der Waals surface area (Å²) in [6.45, 7) is 3.04. The van der Waals surface area contributed by atoms with Crippen LogP contribution in [0.5, 0.6) is 0 Å². The zero-order valence-electron chi connectivity index (χ0n) is 17.4. The fourth-order valence-corrected chi connectivity index (χ4v) is 3.95. The number of piperidine rings is 1. The minimum absolute atomic E-state index is 0.0131. The van der Waals surface area contributed by atoms with Gasteiger partial charge in [0.05, 0.1) is 6.17 Å². The molecule has 3 heterocycles. The summed E-state index contributed by atoms with van der Waals surface area (Å²) >= 11 is 6.20. The molecule has 4 atom stereocenters. The summed E-state index contributed by atoms with van der Waals surface area (Å²) in [5.41, 5.74) is 5.54. The van der Waals surface area contributed by atoms with Crippen molar-refractivity contribution < 1.29 is 13.9 Å². The Morgan fingerprint density at radius 2 is 2.23 bits per heavy atom. The molecule has 2 aliphatic rings. The zero-order valence-corrected chi connectivity index (χ0v) is 18.2. The van der Waals surface area contributed by atoms with Crippen molar-refractivity contribution in [3.8, 4) is 0 Å². The maximum Gasteiger partial charge on any atom is 0.308 e. The average molecular weight is 458 g/mol. The van der Waals surface area contributed by atoms with E-state index in [9.17, 15) is 13.9 Å². The molecule has 31 heavy (non-hydrogen) atoms. The summed E-state index contributed by atoms with van der Waals surface area (Å²) in [4.78, 5) is 9.09. The Bertz CT molecular complexity index is 780. The predicted molar refractivity (Wildman–Crippen MR) is 116 cm³/mol. The number of alkyl halides is 2. The largest absolute Gasteiger partial charge is 0.367 e. The van der Waals surface area contributed by atoms with E-state index in [1.807, 2.05) is 0 Å². The molecule has 0 radical (unpaired) electrons. The van der Waals surface area contributed by atoms with E-state index >= 15 is 0 Å². The summed E-state index contributed by atoms with van der Waals surface area (Å²) < 4.78 is 28.7. The van der Waals surface area contributed by atoms with E-state index in [0.717, 1.165) is 19.4 Å². The van der Waals surface area contributed by atoms with Crippen molar-refractivity contribution in [2.24, 2.45) is 16.6 Å². The summed E-state index contributed by atoms with van der Waals surface area (Å²) in [5.74, 6) is -2.77. The van der Waals surface area contributed by atoms with Crippen LogP contribution in [-0.2, 0) is 5.92 Å². The lowest BCUT2D eigenvalue weighted by Gasteiger charge is -2.35. The highest BCUT2D eigenvalue weighted by molar-refractivity contribution is 6.29. The highest BCUT2D eigenvalue weighted by atomic mass is 35.5. The molecular weight excluding hydrogens is 428 g/mol. The lowest BCUT2D eigenvalue weighted by molar-refractivity contribution is 0.00121. The van der Waals surface area contributed by atoms with Crippen molar-refractivity contribution in [1.82, 2.24) is 25.8 Å². The number of nitrogens with two attached hydrogens (primary N) is 1. The van der Waals surface area contributed by atoms with Gasteiger partial charge in [-0.25, -0.2) is 0 Å². The molecule has 0 amide bonds. The van der Waals surface area contributed by atoms with Gasteiger partial charge in [-0.1, -0.05) is 17.7 Å². The summed E-state index contributed by atoms with van der Waals surface area (Å²) in [5, 5.41) is 20.3. The average Bonchev–Trinajstić information content (AvgIpc) is 2.74. The first kappa shape index (κ1) is 23.8. The summed E-state index contributed by atoms with van der Waals surface area (Å²) in [6.07, 6.45) is 3.52. The molecule has 0 aliphatic carbocycles. The van der Waals surface area contributed by atoms with Gasteiger partial charge in [-0.2, -0.15) is 8.78 Å². The Morgan fingerprint density at radius 1 is 1.42 bits per heavy atom. The number of nitrogens with zero attached hydrogens (tertiary/aromatic N) is 3. The van der Waals surface area contributed by atoms with Crippen LogP contribution in [0.4, 0.5) is 8.78 Å². The Morgan fingerprint density at radius 3 is 2.94 bits per heavy atom. The molecule has 8 nitrogen and oxygen atoms in total. The predicted octanol–water partition coefficient (Wildman–Crippen LogP) is 1.10. The van der Waals surface area contributed by atoms with Crippen LogP contribution in [0.3, 0.4) is 0 Å². The third-order valence-corrected chi connectivity index (χ3v) is 5.94. The molecule has 1 saturated heterocycles. The number of aromatic nitrogens is 1. The Balaban J connectivity index is 1.52. The van der Waals surface area contributed by atoms with Crippen LogP contribution in [0.25, 0.3) is 0 Å². The van der Waals surface area contributed by atoms with Crippen molar-refractivity contribution in [3.63, 3.8) is 0 Å². The fraction of sp³-hybridized carbons (Fsp3) is 0.600. The number of nitrogens with one attached hydrogen (secondary N) is 3. The van der Waals surface area contributed by atoms with Crippen molar-refractivity contribution in [2.45, 2.75) is 44.1 Å². The summed E-state index contributed by atoms with van der Waals surface area (Å²) in [6, 6.07) is 4.63. The lowest BCUT2D eigenvalue weighted by Crippen LogP contribution is -2.53. The van der Waals surface area contributed by atoms with E-state index in [4.69, 9.17) is 17.3 Å². The number of rotatable bonds is 8. The Labute approximate surface area is 185 Å². The van der Waals surface area contributed by atoms with Crippen LogP contribution in [0.2, 0.25) is 0 Å². The maximum absolute atomic E-state index is 14.3. The highest BCUT2D eigenvalue weighted by Crippen LogP contribution is 2.26. The zero-order chi connectivity index (χ0) is 22.4. The van der Waals surface area contributed by atoms with Gasteiger partial charge in [0.15, 0.2) is 12.1 Å². The monoisotopic (exact) mass is 457 g/mol. The standard InChI is InChI=1S/C20H30ClF2N7O/c1-13-14(5-6-17(24)29-13)10-25-8-9-30-16(21)11-27-18(19(30)31)28-12-20(22,23)15-4-2-3-7-26-15/h2-4,7,11,13-14,17,19,25,29,31H,5-6,8-10,12,24H2,1H3,(H,27,28). The second-order valence-corrected chi connectivity index (χ2v) is 8.29. The number of hydrogen-bond donors (Lipinski definition) is 5. The van der Waals surface area contributed by atoms with E-state index in [2.05, 4.69) is 32.9 Å². The second-order valence-electron chi connectivity index (χ2n) is 7.90. The molecule has 1 fully saturated rings. The van der Waals surface area contributed by atoms with Gasteiger partial charge in [0.1, 0.15) is 17.4 Å². The van der Waals surface area contributed by atoms with Gasteiger partial charge in [0.25, 0.3) is 0 Å². The normalized spacial score (nSPS) is 28.4. The molecule has 0 saturated carbocycles. The third-order valence-electron chi connectivity index (χ3n) is 5.61. The molecule has 2 aliphatic heterocycles. The molecule has 0 aromatic carbocycles. The number of hydrogen-bond acceptors (Lipinski definition) is 7. The quantitative estimate of drug-likeness (QED) is 0.293. The van der Waals surface area contributed by atoms with Crippen LogP contribution >= 0.6 is 11.6 Å². The van der Waals surface area contributed by atoms with Crippen LogP contribution in [0.1, 0.15) is 25.5 Å². The van der Waals surface area contributed by atoms with Crippen molar-refractivity contribution >= 4 is 17.4 Å². The van der Waals surface area contributed by atoms with Gasteiger partial charge in [-0.3, -0.25) is 15.3 Å². The van der Waals surface area contributed by atoms with Crippen LogP contribution in [-0.4, -0.2) is 65.4 Å². The lowest BCUT2D eigenvalue weighted by atomic mass is 9.90. The van der Waals surface area contributed by atoms with Gasteiger partial charge in [0.2, 0.25) is 0 Å². The Hall–Kier alpha value is -1.85. The van der Waals surface area contributed by atoms with Crippen molar-refractivity contribution in [1.29, 1.82) is 0 Å². The van der Waals surface area contributed by atoms with E-state index in [0.29, 0.717) is 25.0 Å². The van der Waals surface area contributed by atoms with Crippen LogP contribution in [0, 0.1) is 5.92 Å². The number of aliphatic hydroxyl groups is 1. The first-order valence-corrected chi connectivity index (χ1v) is 10.8. The number of aliphatic imine (C=N–C) groups is 1. The second kappa shape index (κ2) is 10.6. The molecule has 1 aromatic heterocycles. The van der Waals surface area contributed by atoms with Crippen LogP contribution < -0.4 is 21.7 Å². The molecule has 4 unspecified atom stereocenters. The number of pyridine rings is 1. The minimum Gasteiger partial charge on any atom is -0.367 e. The third kappa shape index (κ3) is 6.33. The maximum atomic E-state index is 14.3. The van der Waals surface area contributed by atoms with Gasteiger partial charge in [-0.05, 0) is 44.4 Å². The number of aliphatic hydroxyl groups excluding tert-OH is 1. The molecule has 0 bridgehead atoms. The molecule has 6 N–H and O–H groups in total. The SMILES string of the molecule is CC1NC(N)CCC1CNCCN1C(Cl)=CNC(=NCC(F)(F)c2ccccn2)C1O. The van der Waals surface area contributed by atoms with Gasteiger partial charge in [-0.15, -0.1) is 0 Å².